The van der Waals surface area contributed by atoms with Crippen LogP contribution in [-0.2, 0) is 19.1 Å². The van der Waals surface area contributed by atoms with Gasteiger partial charge in [-0.1, -0.05) is 0 Å². The molecular weight excluding hydrogens is 226 g/mol. The molecule has 0 saturated heterocycles. The first kappa shape index (κ1) is 15.4. The van der Waals surface area contributed by atoms with Crippen LogP contribution in [0.25, 0.3) is 0 Å². The molecule has 0 aliphatic heterocycles. The van der Waals surface area contributed by atoms with Gasteiger partial charge >= 0.3 is 5.97 Å². The van der Waals surface area contributed by atoms with Crippen LogP contribution in [0.15, 0.2) is 0 Å². The molecule has 2 atom stereocenters. The molecule has 0 radical (unpaired) electrons. The predicted molar refractivity (Wildman–Crippen MR) is 60.9 cm³/mol. The second kappa shape index (κ2) is 7.61. The van der Waals surface area contributed by atoms with Crippen molar-refractivity contribution in [1.82, 2.24) is 10.6 Å². The Bertz CT molecular complexity index is 291. The van der Waals surface area contributed by atoms with Gasteiger partial charge in [-0.25, -0.2) is 0 Å². The van der Waals surface area contributed by atoms with Gasteiger partial charge in [0.05, 0.1) is 19.6 Å². The van der Waals surface area contributed by atoms with Gasteiger partial charge in [-0.2, -0.15) is 0 Å². The SMILES string of the molecule is COC(=O)CCNC(=O)[C@H](C)NC(=O)[C@H](C)N. The number of nitrogens with two attached hydrogens (primary N) is 1. The second-order valence-electron chi connectivity index (χ2n) is 3.64. The summed E-state index contributed by atoms with van der Waals surface area (Å²) in [7, 11) is 1.27. The second-order valence-corrected chi connectivity index (χ2v) is 3.64. The molecule has 0 saturated carbocycles. The van der Waals surface area contributed by atoms with Crippen molar-refractivity contribution in [2.24, 2.45) is 5.73 Å². The summed E-state index contributed by atoms with van der Waals surface area (Å²) in [5.74, 6) is -1.18. The summed E-state index contributed by atoms with van der Waals surface area (Å²) in [6.45, 7) is 3.23. The highest BCUT2D eigenvalue weighted by Gasteiger charge is 2.17. The number of amides is 2. The van der Waals surface area contributed by atoms with Crippen LogP contribution < -0.4 is 16.4 Å². The van der Waals surface area contributed by atoms with Crippen LogP contribution >= 0.6 is 0 Å². The van der Waals surface area contributed by atoms with Crippen molar-refractivity contribution in [3.8, 4) is 0 Å². The fourth-order valence-electron chi connectivity index (χ4n) is 0.953. The Balaban J connectivity index is 3.90. The number of ether oxygens (including phenoxy) is 1. The summed E-state index contributed by atoms with van der Waals surface area (Å²) in [6.07, 6.45) is 0.0935. The van der Waals surface area contributed by atoms with Crippen molar-refractivity contribution in [2.75, 3.05) is 13.7 Å². The van der Waals surface area contributed by atoms with E-state index in [2.05, 4.69) is 15.4 Å². The van der Waals surface area contributed by atoms with Crippen LogP contribution in [0.5, 0.6) is 0 Å². The minimum absolute atomic E-state index is 0.0935. The standard InChI is InChI=1S/C10H19N3O4/c1-6(11)9(15)13-7(2)10(16)12-5-4-8(14)17-3/h6-7H,4-5,11H2,1-3H3,(H,12,16)(H,13,15)/t6-,7-/m0/s1. The zero-order valence-corrected chi connectivity index (χ0v) is 10.3. The fourth-order valence-corrected chi connectivity index (χ4v) is 0.953. The molecule has 17 heavy (non-hydrogen) atoms. The molecule has 0 aromatic rings. The fraction of sp³-hybridized carbons (Fsp3) is 0.700. The summed E-state index contributed by atoms with van der Waals surface area (Å²) in [6, 6.07) is -1.36. The number of carbonyl (C=O) groups excluding carboxylic acids is 3. The molecule has 4 N–H and O–H groups in total. The Morgan fingerprint density at radius 2 is 1.82 bits per heavy atom. The summed E-state index contributed by atoms with van der Waals surface area (Å²) in [4.78, 5) is 33.4. The van der Waals surface area contributed by atoms with Gasteiger partial charge in [-0.3, -0.25) is 14.4 Å². The van der Waals surface area contributed by atoms with E-state index in [0.717, 1.165) is 0 Å². The molecule has 2 amide bonds. The van der Waals surface area contributed by atoms with E-state index >= 15 is 0 Å². The molecule has 0 aromatic carbocycles. The topological polar surface area (TPSA) is 111 Å². The third-order valence-electron chi connectivity index (χ3n) is 2.02. The minimum atomic E-state index is -0.689. The number of rotatable bonds is 6. The van der Waals surface area contributed by atoms with Gasteiger partial charge in [-0.05, 0) is 13.8 Å². The Morgan fingerprint density at radius 3 is 2.29 bits per heavy atom. The maximum atomic E-state index is 11.5. The molecule has 0 bridgehead atoms. The smallest absolute Gasteiger partial charge is 0.307 e. The Kier molecular flexibility index (Phi) is 6.88. The average Bonchev–Trinajstić information content (AvgIpc) is 2.28. The van der Waals surface area contributed by atoms with E-state index in [-0.39, 0.29) is 18.9 Å². The minimum Gasteiger partial charge on any atom is -0.469 e. The van der Waals surface area contributed by atoms with Crippen molar-refractivity contribution >= 4 is 17.8 Å². The third kappa shape index (κ3) is 6.52. The first-order valence-corrected chi connectivity index (χ1v) is 5.29. The molecule has 0 aromatic heterocycles. The molecule has 0 fully saturated rings. The van der Waals surface area contributed by atoms with E-state index < -0.39 is 24.0 Å². The van der Waals surface area contributed by atoms with Gasteiger partial charge < -0.3 is 21.1 Å². The molecule has 0 aliphatic carbocycles. The maximum absolute atomic E-state index is 11.5. The predicted octanol–water partition coefficient (Wildman–Crippen LogP) is -1.48. The van der Waals surface area contributed by atoms with Crippen LogP contribution in [0.2, 0.25) is 0 Å². The van der Waals surface area contributed by atoms with Gasteiger partial charge in [0, 0.05) is 6.54 Å². The summed E-state index contributed by atoms with van der Waals surface area (Å²) < 4.78 is 4.41. The van der Waals surface area contributed by atoms with Gasteiger partial charge in [-0.15, -0.1) is 0 Å². The zero-order valence-electron chi connectivity index (χ0n) is 10.3. The summed E-state index contributed by atoms with van der Waals surface area (Å²) in [5, 5.41) is 4.94. The Hall–Kier alpha value is -1.63. The van der Waals surface area contributed by atoms with Crippen molar-refractivity contribution in [2.45, 2.75) is 32.4 Å². The number of esters is 1. The van der Waals surface area contributed by atoms with Crippen molar-refractivity contribution in [1.29, 1.82) is 0 Å². The van der Waals surface area contributed by atoms with E-state index in [4.69, 9.17) is 5.73 Å². The number of carbonyl (C=O) groups is 3. The molecule has 0 aliphatic rings. The number of methoxy groups -OCH3 is 1. The Labute approximate surface area is 100 Å². The van der Waals surface area contributed by atoms with Crippen LogP contribution in [0.4, 0.5) is 0 Å². The summed E-state index contributed by atoms with van der Waals surface area (Å²) in [5.41, 5.74) is 5.34. The zero-order chi connectivity index (χ0) is 13.4. The van der Waals surface area contributed by atoms with E-state index in [9.17, 15) is 14.4 Å². The van der Waals surface area contributed by atoms with E-state index in [1.54, 1.807) is 0 Å². The largest absolute Gasteiger partial charge is 0.469 e. The molecule has 98 valence electrons. The highest BCUT2D eigenvalue weighted by Crippen LogP contribution is 1.87. The lowest BCUT2D eigenvalue weighted by atomic mass is 10.2. The van der Waals surface area contributed by atoms with Crippen LogP contribution in [0, 0.1) is 0 Å². The molecule has 7 heteroatoms. The first-order chi connectivity index (χ1) is 7.88. The van der Waals surface area contributed by atoms with Crippen LogP contribution in [-0.4, -0.2) is 43.5 Å². The molecule has 0 rings (SSSR count). The van der Waals surface area contributed by atoms with E-state index in [0.29, 0.717) is 0 Å². The van der Waals surface area contributed by atoms with E-state index in [1.165, 1.54) is 21.0 Å². The number of hydrogen-bond donors (Lipinski definition) is 3. The molecule has 0 unspecified atom stereocenters. The van der Waals surface area contributed by atoms with Crippen molar-refractivity contribution in [3.63, 3.8) is 0 Å². The maximum Gasteiger partial charge on any atom is 0.307 e. The molecule has 0 heterocycles. The normalized spacial score (nSPS) is 13.4. The van der Waals surface area contributed by atoms with Gasteiger partial charge in [0.1, 0.15) is 6.04 Å². The lowest BCUT2D eigenvalue weighted by Crippen LogP contribution is -2.49. The van der Waals surface area contributed by atoms with Crippen LogP contribution in [0.1, 0.15) is 20.3 Å². The van der Waals surface area contributed by atoms with Gasteiger partial charge in [0.25, 0.3) is 0 Å². The lowest BCUT2D eigenvalue weighted by molar-refractivity contribution is -0.140. The van der Waals surface area contributed by atoms with Crippen LogP contribution in [0.3, 0.4) is 0 Å². The summed E-state index contributed by atoms with van der Waals surface area (Å²) >= 11 is 0. The molecule has 7 nitrogen and oxygen atoms in total. The quantitative estimate of drug-likeness (QED) is 0.494. The Morgan fingerprint density at radius 1 is 1.24 bits per heavy atom. The first-order valence-electron chi connectivity index (χ1n) is 5.29. The monoisotopic (exact) mass is 245 g/mol. The van der Waals surface area contributed by atoms with Gasteiger partial charge in [0.15, 0.2) is 0 Å². The molecule has 0 spiro atoms. The van der Waals surface area contributed by atoms with Gasteiger partial charge in [0.2, 0.25) is 11.8 Å². The average molecular weight is 245 g/mol. The van der Waals surface area contributed by atoms with E-state index in [1.807, 2.05) is 0 Å². The van der Waals surface area contributed by atoms with Crippen molar-refractivity contribution < 1.29 is 19.1 Å². The number of nitrogens with one attached hydrogen (secondary N) is 2. The lowest BCUT2D eigenvalue weighted by Gasteiger charge is -2.15. The van der Waals surface area contributed by atoms with Crippen molar-refractivity contribution in [3.05, 3.63) is 0 Å². The highest BCUT2D eigenvalue weighted by atomic mass is 16.5. The number of hydrogen-bond acceptors (Lipinski definition) is 5. The third-order valence-corrected chi connectivity index (χ3v) is 2.02. The highest BCUT2D eigenvalue weighted by molar-refractivity contribution is 5.89. The molecular formula is C10H19N3O4.